The van der Waals surface area contributed by atoms with Crippen molar-refractivity contribution in [3.05, 3.63) is 100 Å². The maximum Gasteiger partial charge on any atom is 0.248 e. The number of hydrogen-bond donors (Lipinski definition) is 1. The molecule has 0 unspecified atom stereocenters. The van der Waals surface area contributed by atoms with E-state index >= 15 is 0 Å². The number of nitrogens with one attached hydrogen (secondary N) is 1. The van der Waals surface area contributed by atoms with Gasteiger partial charge in [0.2, 0.25) is 5.91 Å². The summed E-state index contributed by atoms with van der Waals surface area (Å²) in [6.45, 7) is 3.01. The number of amides is 1. The van der Waals surface area contributed by atoms with E-state index in [-0.39, 0.29) is 5.91 Å². The number of aromatic nitrogens is 3. The Hall–Kier alpha value is -3.71. The van der Waals surface area contributed by atoms with Gasteiger partial charge in [0.15, 0.2) is 0 Å². The standard InChI is InChI=1S/C24H22N4O2S/c1-18-26-22(17-31-18)16-30-23-10-6-5-9-20(23)11-12-24(29)27-21-13-25-28(15-21)14-19-7-3-2-4-8-19/h2-13,15,17H,14,16H2,1H3,(H,27,29)/b12-11+. The van der Waals surface area contributed by atoms with E-state index in [1.165, 1.54) is 6.08 Å². The third kappa shape index (κ3) is 5.90. The van der Waals surface area contributed by atoms with Gasteiger partial charge in [0.1, 0.15) is 12.4 Å². The molecule has 156 valence electrons. The average Bonchev–Trinajstić information content (AvgIpc) is 3.40. The first-order valence-electron chi connectivity index (χ1n) is 9.84. The van der Waals surface area contributed by atoms with Crippen LogP contribution in [0.5, 0.6) is 5.75 Å². The average molecular weight is 431 g/mol. The molecule has 0 saturated heterocycles. The van der Waals surface area contributed by atoms with Crippen LogP contribution >= 0.6 is 11.3 Å². The van der Waals surface area contributed by atoms with E-state index in [1.54, 1.807) is 28.3 Å². The minimum Gasteiger partial charge on any atom is -0.487 e. The van der Waals surface area contributed by atoms with Gasteiger partial charge >= 0.3 is 0 Å². The van der Waals surface area contributed by atoms with Crippen LogP contribution in [-0.2, 0) is 17.9 Å². The Morgan fingerprint density at radius 2 is 1.97 bits per heavy atom. The van der Waals surface area contributed by atoms with E-state index in [0.29, 0.717) is 24.6 Å². The van der Waals surface area contributed by atoms with E-state index in [9.17, 15) is 4.79 Å². The molecular weight excluding hydrogens is 408 g/mol. The molecule has 1 amide bonds. The van der Waals surface area contributed by atoms with Crippen LogP contribution < -0.4 is 10.1 Å². The monoisotopic (exact) mass is 430 g/mol. The fourth-order valence-corrected chi connectivity index (χ4v) is 3.61. The Balaban J connectivity index is 1.35. The molecule has 0 fully saturated rings. The summed E-state index contributed by atoms with van der Waals surface area (Å²) in [7, 11) is 0. The van der Waals surface area contributed by atoms with Crippen molar-refractivity contribution in [3.8, 4) is 5.75 Å². The van der Waals surface area contributed by atoms with Crippen molar-refractivity contribution in [3.63, 3.8) is 0 Å². The molecule has 0 atom stereocenters. The lowest BCUT2D eigenvalue weighted by atomic mass is 10.2. The number of para-hydroxylation sites is 1. The van der Waals surface area contributed by atoms with Crippen molar-refractivity contribution in [1.29, 1.82) is 0 Å². The first-order valence-corrected chi connectivity index (χ1v) is 10.7. The first-order chi connectivity index (χ1) is 15.2. The summed E-state index contributed by atoms with van der Waals surface area (Å²) < 4.78 is 7.68. The Bertz CT molecular complexity index is 1180. The first kappa shape index (κ1) is 20.6. The number of benzene rings is 2. The van der Waals surface area contributed by atoms with Gasteiger partial charge < -0.3 is 10.1 Å². The van der Waals surface area contributed by atoms with Crippen molar-refractivity contribution < 1.29 is 9.53 Å². The number of aryl methyl sites for hydroxylation is 1. The second-order valence-corrected chi connectivity index (χ2v) is 7.98. The summed E-state index contributed by atoms with van der Waals surface area (Å²) in [5.74, 6) is 0.470. The molecule has 4 rings (SSSR count). The molecule has 0 radical (unpaired) electrons. The van der Waals surface area contributed by atoms with Crippen molar-refractivity contribution in [2.45, 2.75) is 20.1 Å². The van der Waals surface area contributed by atoms with Gasteiger partial charge in [-0.3, -0.25) is 9.48 Å². The fraction of sp³-hybridized carbons (Fsp3) is 0.125. The Morgan fingerprint density at radius 3 is 2.77 bits per heavy atom. The molecule has 2 aromatic heterocycles. The minimum atomic E-state index is -0.232. The number of thiazole rings is 1. The smallest absolute Gasteiger partial charge is 0.248 e. The lowest BCUT2D eigenvalue weighted by Gasteiger charge is -2.07. The highest BCUT2D eigenvalue weighted by Crippen LogP contribution is 2.21. The van der Waals surface area contributed by atoms with Crippen LogP contribution in [0.15, 0.2) is 78.4 Å². The number of nitrogens with zero attached hydrogens (tertiary/aromatic N) is 3. The Labute approximate surface area is 184 Å². The van der Waals surface area contributed by atoms with Crippen LogP contribution in [0.4, 0.5) is 5.69 Å². The molecule has 0 aliphatic carbocycles. The molecule has 4 aromatic rings. The highest BCUT2D eigenvalue weighted by Gasteiger charge is 2.05. The van der Waals surface area contributed by atoms with Crippen LogP contribution in [-0.4, -0.2) is 20.7 Å². The number of rotatable bonds is 8. The molecule has 1 N–H and O–H groups in total. The summed E-state index contributed by atoms with van der Waals surface area (Å²) in [5.41, 5.74) is 3.51. The van der Waals surface area contributed by atoms with E-state index in [1.807, 2.05) is 73.1 Å². The van der Waals surface area contributed by atoms with Gasteiger partial charge in [0.05, 0.1) is 29.1 Å². The lowest BCUT2D eigenvalue weighted by molar-refractivity contribution is -0.111. The Morgan fingerprint density at radius 1 is 1.16 bits per heavy atom. The molecule has 0 bridgehead atoms. The summed E-state index contributed by atoms with van der Waals surface area (Å²) >= 11 is 1.60. The number of hydrogen-bond acceptors (Lipinski definition) is 5. The summed E-state index contributed by atoms with van der Waals surface area (Å²) in [5, 5.41) is 10.1. The molecule has 2 heterocycles. The molecule has 0 aliphatic heterocycles. The summed E-state index contributed by atoms with van der Waals surface area (Å²) in [6.07, 6.45) is 6.68. The van der Waals surface area contributed by atoms with Crippen molar-refractivity contribution in [2.75, 3.05) is 5.32 Å². The van der Waals surface area contributed by atoms with Gasteiger partial charge in [-0.05, 0) is 24.6 Å². The van der Waals surface area contributed by atoms with Gasteiger partial charge in [0.25, 0.3) is 0 Å². The number of ether oxygens (including phenoxy) is 1. The molecule has 7 heteroatoms. The lowest BCUT2D eigenvalue weighted by Crippen LogP contribution is -2.07. The van der Waals surface area contributed by atoms with Gasteiger partial charge in [-0.25, -0.2) is 4.98 Å². The largest absolute Gasteiger partial charge is 0.487 e. The summed E-state index contributed by atoms with van der Waals surface area (Å²) in [6, 6.07) is 17.6. The second kappa shape index (κ2) is 9.86. The maximum absolute atomic E-state index is 12.4. The van der Waals surface area contributed by atoms with E-state index in [2.05, 4.69) is 15.4 Å². The van der Waals surface area contributed by atoms with Crippen LogP contribution in [0, 0.1) is 6.92 Å². The number of carbonyl (C=O) groups excluding carboxylic acids is 1. The van der Waals surface area contributed by atoms with Crippen LogP contribution in [0.3, 0.4) is 0 Å². The second-order valence-electron chi connectivity index (χ2n) is 6.92. The van der Waals surface area contributed by atoms with Crippen molar-refractivity contribution in [1.82, 2.24) is 14.8 Å². The maximum atomic E-state index is 12.4. The zero-order valence-electron chi connectivity index (χ0n) is 17.1. The van der Waals surface area contributed by atoms with E-state index in [0.717, 1.165) is 21.8 Å². The van der Waals surface area contributed by atoms with Crippen LogP contribution in [0.25, 0.3) is 6.08 Å². The molecule has 0 spiro atoms. The topological polar surface area (TPSA) is 69.0 Å². The molecule has 2 aromatic carbocycles. The number of anilines is 1. The molecule has 6 nitrogen and oxygen atoms in total. The van der Waals surface area contributed by atoms with E-state index < -0.39 is 0 Å². The quantitative estimate of drug-likeness (QED) is 0.403. The van der Waals surface area contributed by atoms with Crippen molar-refractivity contribution >= 4 is 29.0 Å². The van der Waals surface area contributed by atoms with E-state index in [4.69, 9.17) is 4.74 Å². The minimum absolute atomic E-state index is 0.232. The predicted molar refractivity (Wildman–Crippen MR) is 123 cm³/mol. The molecule has 0 saturated carbocycles. The fourth-order valence-electron chi connectivity index (χ4n) is 3.01. The van der Waals surface area contributed by atoms with Gasteiger partial charge in [-0.15, -0.1) is 11.3 Å². The zero-order valence-corrected chi connectivity index (χ0v) is 17.9. The molecular formula is C24H22N4O2S. The van der Waals surface area contributed by atoms with Crippen LogP contribution in [0.2, 0.25) is 0 Å². The molecule has 0 aliphatic rings. The third-order valence-corrected chi connectivity index (χ3v) is 5.29. The van der Waals surface area contributed by atoms with Gasteiger partial charge in [0, 0.05) is 23.2 Å². The number of carbonyl (C=O) groups is 1. The SMILES string of the molecule is Cc1nc(COc2ccccc2/C=C/C(=O)Nc2cnn(Cc3ccccc3)c2)cs1. The zero-order chi connectivity index (χ0) is 21.5. The highest BCUT2D eigenvalue weighted by molar-refractivity contribution is 7.09. The highest BCUT2D eigenvalue weighted by atomic mass is 32.1. The summed E-state index contributed by atoms with van der Waals surface area (Å²) in [4.78, 5) is 16.8. The van der Waals surface area contributed by atoms with Crippen molar-refractivity contribution in [2.24, 2.45) is 0 Å². The normalized spacial score (nSPS) is 11.0. The third-order valence-electron chi connectivity index (χ3n) is 4.46. The molecule has 31 heavy (non-hydrogen) atoms. The Kier molecular flexibility index (Phi) is 6.54. The predicted octanol–water partition coefficient (Wildman–Crippen LogP) is 4.93. The van der Waals surface area contributed by atoms with Gasteiger partial charge in [-0.2, -0.15) is 5.10 Å². The van der Waals surface area contributed by atoms with Crippen LogP contribution in [0.1, 0.15) is 21.8 Å². The van der Waals surface area contributed by atoms with Gasteiger partial charge in [-0.1, -0.05) is 48.5 Å².